The second-order valence-corrected chi connectivity index (χ2v) is 3.86. The summed E-state index contributed by atoms with van der Waals surface area (Å²) in [5.41, 5.74) is 0.0226. The second kappa shape index (κ2) is 2.08. The van der Waals surface area contributed by atoms with Gasteiger partial charge in [0.25, 0.3) is 0 Å². The molecule has 0 unspecified atom stereocenters. The molecular weight excluding hydrogens is 124 g/mol. The molecule has 0 aromatic heterocycles. The van der Waals surface area contributed by atoms with E-state index in [2.05, 4.69) is 6.29 Å². The van der Waals surface area contributed by atoms with Crippen molar-refractivity contribution in [3.05, 3.63) is 0 Å². The standard InChI is InChI=1S/C9H13O/c10-7-9-4-1-8(2-5-9)3-6-9/h8H,1-6H2. The van der Waals surface area contributed by atoms with Crippen LogP contribution in [0.1, 0.15) is 38.5 Å². The molecule has 2 bridgehead atoms. The highest BCUT2D eigenvalue weighted by molar-refractivity contribution is 5.60. The first kappa shape index (κ1) is 6.38. The van der Waals surface area contributed by atoms with Gasteiger partial charge in [0.05, 0.1) is 0 Å². The zero-order valence-electron chi connectivity index (χ0n) is 6.23. The molecule has 55 valence electrons. The van der Waals surface area contributed by atoms with Crippen molar-refractivity contribution in [3.63, 3.8) is 0 Å². The van der Waals surface area contributed by atoms with Crippen molar-refractivity contribution in [2.75, 3.05) is 0 Å². The van der Waals surface area contributed by atoms with Gasteiger partial charge in [-0.05, 0) is 44.4 Å². The molecule has 3 fully saturated rings. The van der Waals surface area contributed by atoms with Crippen molar-refractivity contribution in [2.45, 2.75) is 38.5 Å². The van der Waals surface area contributed by atoms with Gasteiger partial charge in [-0.25, -0.2) is 0 Å². The maximum atomic E-state index is 10.6. The molecule has 0 aromatic carbocycles. The van der Waals surface area contributed by atoms with E-state index in [0.29, 0.717) is 0 Å². The number of rotatable bonds is 1. The molecule has 0 N–H and O–H groups in total. The molecule has 0 saturated heterocycles. The van der Waals surface area contributed by atoms with Crippen molar-refractivity contribution >= 4 is 6.29 Å². The Balaban J connectivity index is 2.15. The van der Waals surface area contributed by atoms with Crippen LogP contribution in [0.2, 0.25) is 0 Å². The van der Waals surface area contributed by atoms with Gasteiger partial charge in [-0.3, -0.25) is 4.79 Å². The van der Waals surface area contributed by atoms with Gasteiger partial charge in [0.15, 0.2) is 0 Å². The van der Waals surface area contributed by atoms with Crippen LogP contribution < -0.4 is 0 Å². The SMILES string of the molecule is O=[C]C12CCC(CC1)CC2. The highest BCUT2D eigenvalue weighted by Gasteiger charge is 2.40. The largest absolute Gasteiger partial charge is 0.290 e. The van der Waals surface area contributed by atoms with Crippen LogP contribution in [0, 0.1) is 11.3 Å². The van der Waals surface area contributed by atoms with Gasteiger partial charge >= 0.3 is 0 Å². The van der Waals surface area contributed by atoms with E-state index in [1.165, 1.54) is 19.3 Å². The molecule has 10 heavy (non-hydrogen) atoms. The molecule has 0 atom stereocenters. The number of fused-ring (bicyclic) bond motifs is 3. The van der Waals surface area contributed by atoms with E-state index in [1.54, 1.807) is 0 Å². The molecule has 3 saturated carbocycles. The number of hydrogen-bond donors (Lipinski definition) is 0. The molecule has 0 spiro atoms. The zero-order chi connectivity index (χ0) is 7.03. The van der Waals surface area contributed by atoms with Gasteiger partial charge in [0.1, 0.15) is 0 Å². The Morgan fingerprint density at radius 1 is 1.10 bits per heavy atom. The monoisotopic (exact) mass is 137 g/mol. The first-order valence-electron chi connectivity index (χ1n) is 4.24. The molecule has 1 heteroatoms. The highest BCUT2D eigenvalue weighted by Crippen LogP contribution is 2.48. The first-order chi connectivity index (χ1) is 4.85. The summed E-state index contributed by atoms with van der Waals surface area (Å²) in [4.78, 5) is 10.6. The zero-order valence-corrected chi connectivity index (χ0v) is 6.23. The number of carbonyl (C=O) groups excluding carboxylic acids is 1. The Hall–Kier alpha value is -0.330. The summed E-state index contributed by atoms with van der Waals surface area (Å²) in [6.45, 7) is 0. The van der Waals surface area contributed by atoms with Crippen LogP contribution in [-0.2, 0) is 4.79 Å². The van der Waals surface area contributed by atoms with Crippen LogP contribution in [0.15, 0.2) is 0 Å². The normalized spacial score (nSPS) is 45.4. The summed E-state index contributed by atoms with van der Waals surface area (Å²) in [6.07, 6.45) is 9.49. The van der Waals surface area contributed by atoms with Crippen molar-refractivity contribution in [2.24, 2.45) is 11.3 Å². The predicted octanol–water partition coefficient (Wildman–Crippen LogP) is 2.07. The maximum absolute atomic E-state index is 10.6. The molecular formula is C9H13O. The molecule has 3 rings (SSSR count). The Morgan fingerprint density at radius 3 is 1.90 bits per heavy atom. The molecule has 0 aliphatic heterocycles. The Morgan fingerprint density at radius 2 is 1.60 bits per heavy atom. The fourth-order valence-electron chi connectivity index (χ4n) is 2.40. The van der Waals surface area contributed by atoms with Crippen molar-refractivity contribution in [1.29, 1.82) is 0 Å². The van der Waals surface area contributed by atoms with Crippen molar-refractivity contribution in [1.82, 2.24) is 0 Å². The molecule has 3 aliphatic carbocycles. The lowest BCUT2D eigenvalue weighted by Crippen LogP contribution is -2.34. The quantitative estimate of drug-likeness (QED) is 0.540. The summed E-state index contributed by atoms with van der Waals surface area (Å²) in [5.74, 6) is 0.954. The summed E-state index contributed by atoms with van der Waals surface area (Å²) < 4.78 is 0. The average molecular weight is 137 g/mol. The molecule has 1 radical (unpaired) electrons. The third kappa shape index (κ3) is 0.799. The van der Waals surface area contributed by atoms with Gasteiger partial charge in [-0.1, -0.05) is 0 Å². The lowest BCUT2D eigenvalue weighted by atomic mass is 9.61. The van der Waals surface area contributed by atoms with E-state index in [1.807, 2.05) is 0 Å². The van der Waals surface area contributed by atoms with Crippen LogP contribution >= 0.6 is 0 Å². The van der Waals surface area contributed by atoms with E-state index in [4.69, 9.17) is 0 Å². The minimum Gasteiger partial charge on any atom is -0.290 e. The van der Waals surface area contributed by atoms with Crippen LogP contribution in [0.4, 0.5) is 0 Å². The van der Waals surface area contributed by atoms with Gasteiger partial charge in [0, 0.05) is 5.41 Å². The minimum absolute atomic E-state index is 0.0226. The van der Waals surface area contributed by atoms with Crippen LogP contribution in [-0.4, -0.2) is 6.29 Å². The summed E-state index contributed by atoms with van der Waals surface area (Å²) in [7, 11) is 0. The Labute approximate surface area is 61.8 Å². The van der Waals surface area contributed by atoms with E-state index < -0.39 is 0 Å². The fourth-order valence-corrected chi connectivity index (χ4v) is 2.40. The van der Waals surface area contributed by atoms with Crippen molar-refractivity contribution in [3.8, 4) is 0 Å². The molecule has 0 heterocycles. The topological polar surface area (TPSA) is 17.1 Å². The van der Waals surface area contributed by atoms with Crippen LogP contribution in [0.5, 0.6) is 0 Å². The lowest BCUT2D eigenvalue weighted by Gasteiger charge is -2.42. The van der Waals surface area contributed by atoms with E-state index in [-0.39, 0.29) is 5.41 Å². The Bertz CT molecular complexity index is 129. The number of hydrogen-bond acceptors (Lipinski definition) is 1. The third-order valence-corrected chi connectivity index (χ3v) is 3.31. The first-order valence-corrected chi connectivity index (χ1v) is 4.24. The smallest absolute Gasteiger partial charge is 0.205 e. The second-order valence-electron chi connectivity index (χ2n) is 3.86. The third-order valence-electron chi connectivity index (χ3n) is 3.31. The van der Waals surface area contributed by atoms with E-state index >= 15 is 0 Å². The summed E-state index contributed by atoms with van der Waals surface area (Å²) >= 11 is 0. The van der Waals surface area contributed by atoms with Crippen LogP contribution in [0.25, 0.3) is 0 Å². The van der Waals surface area contributed by atoms with Crippen LogP contribution in [0.3, 0.4) is 0 Å². The average Bonchev–Trinajstić information content (AvgIpc) is 2.08. The molecule has 0 amide bonds. The Kier molecular flexibility index (Phi) is 1.33. The predicted molar refractivity (Wildman–Crippen MR) is 39.3 cm³/mol. The minimum atomic E-state index is 0.0226. The van der Waals surface area contributed by atoms with E-state index in [0.717, 1.165) is 25.2 Å². The van der Waals surface area contributed by atoms with Gasteiger partial charge in [0.2, 0.25) is 6.29 Å². The van der Waals surface area contributed by atoms with E-state index in [9.17, 15) is 4.79 Å². The summed E-state index contributed by atoms with van der Waals surface area (Å²) in [5, 5.41) is 0. The van der Waals surface area contributed by atoms with Gasteiger partial charge in [-0.15, -0.1) is 0 Å². The summed E-state index contributed by atoms with van der Waals surface area (Å²) in [6, 6.07) is 0. The van der Waals surface area contributed by atoms with Gasteiger partial charge in [-0.2, -0.15) is 0 Å². The van der Waals surface area contributed by atoms with Gasteiger partial charge < -0.3 is 0 Å². The molecule has 1 nitrogen and oxygen atoms in total. The maximum Gasteiger partial charge on any atom is 0.205 e. The molecule has 0 aromatic rings. The lowest BCUT2D eigenvalue weighted by molar-refractivity contribution is 0.124. The molecule has 3 aliphatic rings. The fraction of sp³-hybridized carbons (Fsp3) is 0.889. The highest BCUT2D eigenvalue weighted by atomic mass is 16.1. The van der Waals surface area contributed by atoms with Crippen molar-refractivity contribution < 1.29 is 4.79 Å².